The molecule has 0 saturated heterocycles. The highest BCUT2D eigenvalue weighted by Gasteiger charge is 2.48. The van der Waals surface area contributed by atoms with E-state index in [1.165, 1.54) is 0 Å². The second-order valence-electron chi connectivity index (χ2n) is 12.1. The normalized spacial score (nSPS) is 18.6. The first kappa shape index (κ1) is 30.7. The molecule has 7 heteroatoms. The summed E-state index contributed by atoms with van der Waals surface area (Å²) in [5.41, 5.74) is 2.22. The number of aryl methyl sites for hydroxylation is 2. The maximum atomic E-state index is 14.3. The van der Waals surface area contributed by atoms with Gasteiger partial charge in [0.1, 0.15) is 17.7 Å². The smallest absolute Gasteiger partial charge is 0.408 e. The minimum Gasteiger partial charge on any atom is -0.444 e. The molecule has 0 radical (unpaired) electrons. The molecule has 4 unspecified atom stereocenters. The number of hydrogen-bond acceptors (Lipinski definition) is 4. The summed E-state index contributed by atoms with van der Waals surface area (Å²) in [4.78, 5) is 42.5. The van der Waals surface area contributed by atoms with Crippen LogP contribution in [0.3, 0.4) is 0 Å². The van der Waals surface area contributed by atoms with Crippen LogP contribution in [0.5, 0.6) is 0 Å². The lowest BCUT2D eigenvalue weighted by Gasteiger charge is -2.36. The van der Waals surface area contributed by atoms with Crippen molar-refractivity contribution in [1.82, 2.24) is 15.5 Å². The molecule has 1 fully saturated rings. The van der Waals surface area contributed by atoms with E-state index >= 15 is 0 Å². The van der Waals surface area contributed by atoms with Crippen molar-refractivity contribution < 1.29 is 19.1 Å². The van der Waals surface area contributed by atoms with Gasteiger partial charge in [-0.25, -0.2) is 4.79 Å². The zero-order valence-corrected chi connectivity index (χ0v) is 24.4. The highest BCUT2D eigenvalue weighted by molar-refractivity contribution is 5.92. The van der Waals surface area contributed by atoms with E-state index in [9.17, 15) is 14.4 Å². The van der Waals surface area contributed by atoms with E-state index < -0.39 is 23.8 Å². The first-order valence-corrected chi connectivity index (χ1v) is 13.9. The number of hydrogen-bond donors (Lipinski definition) is 2. The number of ether oxygens (including phenoxy) is 1. The van der Waals surface area contributed by atoms with Crippen molar-refractivity contribution >= 4 is 17.9 Å². The van der Waals surface area contributed by atoms with Crippen molar-refractivity contribution in [3.63, 3.8) is 0 Å². The third-order valence-electron chi connectivity index (χ3n) is 6.70. The number of rotatable bonds is 12. The monoisotopic (exact) mass is 515 g/mol. The van der Waals surface area contributed by atoms with Crippen LogP contribution in [0.4, 0.5) is 4.79 Å². The summed E-state index contributed by atoms with van der Waals surface area (Å²) in [6.07, 6.45) is 3.65. The largest absolute Gasteiger partial charge is 0.444 e. The number of unbranched alkanes of at least 4 members (excludes halogenated alkanes) is 2. The molecule has 1 aromatic carbocycles. The summed E-state index contributed by atoms with van der Waals surface area (Å²) in [5.74, 6) is 0.0368. The molecule has 1 aliphatic carbocycles. The summed E-state index contributed by atoms with van der Waals surface area (Å²) in [7, 11) is 0. The molecule has 1 saturated carbocycles. The van der Waals surface area contributed by atoms with Gasteiger partial charge in [0, 0.05) is 12.6 Å². The van der Waals surface area contributed by atoms with E-state index in [0.717, 1.165) is 42.4 Å². The number of nitrogens with zero attached hydrogens (tertiary/aromatic N) is 1. The van der Waals surface area contributed by atoms with E-state index in [1.54, 1.807) is 25.7 Å². The van der Waals surface area contributed by atoms with Crippen molar-refractivity contribution in [3.05, 3.63) is 34.9 Å². The van der Waals surface area contributed by atoms with Gasteiger partial charge in [0.25, 0.3) is 0 Å². The molecular formula is C30H49N3O4. The number of amides is 3. The summed E-state index contributed by atoms with van der Waals surface area (Å²) in [6.45, 7) is 18.2. The van der Waals surface area contributed by atoms with Gasteiger partial charge in [0.05, 0.1) is 0 Å². The molecule has 7 nitrogen and oxygen atoms in total. The van der Waals surface area contributed by atoms with Gasteiger partial charge in [-0.2, -0.15) is 0 Å². The summed E-state index contributed by atoms with van der Waals surface area (Å²) in [5, 5.41) is 5.92. The molecule has 0 aliphatic heterocycles. The van der Waals surface area contributed by atoms with E-state index in [2.05, 4.69) is 30.5 Å². The van der Waals surface area contributed by atoms with Crippen LogP contribution in [0.25, 0.3) is 0 Å². The second-order valence-corrected chi connectivity index (χ2v) is 12.1. The van der Waals surface area contributed by atoms with Crippen LogP contribution in [0.2, 0.25) is 0 Å². The molecule has 4 atom stereocenters. The van der Waals surface area contributed by atoms with Crippen molar-refractivity contribution in [1.29, 1.82) is 0 Å². The third-order valence-corrected chi connectivity index (χ3v) is 6.70. The standard InChI is InChI=1S/C30H49N3O4/c1-10-11-12-15-31-27(34)26(23-14-13-20(4)17-21(23)5)33(25-18-22(25)6)28(35)24(16-19(2)3)32-29(36)37-30(7,8)9/h13-14,17,19,22,24-26H,10-12,15-16,18H2,1-9H3,(H,31,34)(H,32,36). The van der Waals surface area contributed by atoms with Crippen molar-refractivity contribution in [2.45, 2.75) is 118 Å². The van der Waals surface area contributed by atoms with Gasteiger partial charge >= 0.3 is 6.09 Å². The van der Waals surface area contributed by atoms with Crippen LogP contribution in [0.1, 0.15) is 103 Å². The second kappa shape index (κ2) is 13.3. The van der Waals surface area contributed by atoms with Crippen LogP contribution < -0.4 is 10.6 Å². The van der Waals surface area contributed by atoms with Gasteiger partial charge < -0.3 is 20.3 Å². The molecule has 1 aliphatic rings. The molecular weight excluding hydrogens is 466 g/mol. The van der Waals surface area contributed by atoms with Crippen LogP contribution in [-0.2, 0) is 14.3 Å². The molecule has 208 valence electrons. The minimum atomic E-state index is -0.788. The van der Waals surface area contributed by atoms with Crippen LogP contribution in [0, 0.1) is 25.7 Å². The number of carbonyl (C=O) groups excluding carboxylic acids is 3. The first-order chi connectivity index (χ1) is 17.2. The topological polar surface area (TPSA) is 87.7 Å². The van der Waals surface area contributed by atoms with E-state index in [-0.39, 0.29) is 29.7 Å². The fraction of sp³-hybridized carbons (Fsp3) is 0.700. The molecule has 0 aromatic heterocycles. The average Bonchev–Trinajstić information content (AvgIpc) is 3.48. The molecule has 0 heterocycles. The van der Waals surface area contributed by atoms with Gasteiger partial charge in [-0.05, 0) is 76.8 Å². The minimum absolute atomic E-state index is 0.0605. The van der Waals surface area contributed by atoms with Crippen LogP contribution in [0.15, 0.2) is 18.2 Å². The fourth-order valence-corrected chi connectivity index (χ4v) is 4.73. The third kappa shape index (κ3) is 9.35. The molecule has 2 rings (SSSR count). The first-order valence-electron chi connectivity index (χ1n) is 13.9. The highest BCUT2D eigenvalue weighted by Crippen LogP contribution is 2.41. The summed E-state index contributed by atoms with van der Waals surface area (Å²) in [6, 6.07) is 4.39. The number of carbonyl (C=O) groups is 3. The van der Waals surface area contributed by atoms with Crippen molar-refractivity contribution in [2.75, 3.05) is 6.54 Å². The zero-order valence-electron chi connectivity index (χ0n) is 24.4. The Labute approximate surface area is 224 Å². The van der Waals surface area contributed by atoms with Crippen LogP contribution in [-0.4, -0.2) is 47.0 Å². The molecule has 0 spiro atoms. The lowest BCUT2D eigenvalue weighted by molar-refractivity contribution is -0.143. The molecule has 1 aromatic rings. The quantitative estimate of drug-likeness (QED) is 0.343. The van der Waals surface area contributed by atoms with Gasteiger partial charge in [0.15, 0.2) is 0 Å². The molecule has 37 heavy (non-hydrogen) atoms. The predicted octanol–water partition coefficient (Wildman–Crippen LogP) is 5.83. The number of benzene rings is 1. The molecule has 2 N–H and O–H groups in total. The van der Waals surface area contributed by atoms with Crippen LogP contribution >= 0.6 is 0 Å². The predicted molar refractivity (Wildman–Crippen MR) is 148 cm³/mol. The average molecular weight is 516 g/mol. The maximum Gasteiger partial charge on any atom is 0.408 e. The Bertz CT molecular complexity index is 937. The fourth-order valence-electron chi connectivity index (χ4n) is 4.73. The van der Waals surface area contributed by atoms with Crippen molar-refractivity contribution in [2.24, 2.45) is 11.8 Å². The Hall–Kier alpha value is -2.57. The van der Waals surface area contributed by atoms with E-state index in [4.69, 9.17) is 4.74 Å². The molecule has 3 amide bonds. The number of nitrogens with one attached hydrogen (secondary N) is 2. The SMILES string of the molecule is CCCCCNC(=O)C(c1ccc(C)cc1C)N(C(=O)C(CC(C)C)NC(=O)OC(C)(C)C)C1CC1C. The van der Waals surface area contributed by atoms with Gasteiger partial charge in [0.2, 0.25) is 11.8 Å². The van der Waals surface area contributed by atoms with Crippen molar-refractivity contribution in [3.8, 4) is 0 Å². The van der Waals surface area contributed by atoms with Gasteiger partial charge in [-0.3, -0.25) is 9.59 Å². The van der Waals surface area contributed by atoms with Gasteiger partial charge in [-0.1, -0.05) is 64.3 Å². The Morgan fingerprint density at radius 1 is 1.14 bits per heavy atom. The Morgan fingerprint density at radius 3 is 2.30 bits per heavy atom. The Kier molecular flexibility index (Phi) is 11.0. The highest BCUT2D eigenvalue weighted by atomic mass is 16.6. The summed E-state index contributed by atoms with van der Waals surface area (Å²) >= 11 is 0. The number of alkyl carbamates (subject to hydrolysis) is 1. The maximum absolute atomic E-state index is 14.3. The Morgan fingerprint density at radius 2 is 1.78 bits per heavy atom. The van der Waals surface area contributed by atoms with E-state index in [0.29, 0.717) is 13.0 Å². The summed E-state index contributed by atoms with van der Waals surface area (Å²) < 4.78 is 5.48. The lowest BCUT2D eigenvalue weighted by atomic mass is 9.95. The lowest BCUT2D eigenvalue weighted by Crippen LogP contribution is -2.54. The zero-order chi connectivity index (χ0) is 27.9. The Balaban J connectivity index is 2.48. The molecule has 0 bridgehead atoms. The van der Waals surface area contributed by atoms with Gasteiger partial charge in [-0.15, -0.1) is 0 Å². The van der Waals surface area contributed by atoms with E-state index in [1.807, 2.05) is 39.8 Å².